The third-order valence-corrected chi connectivity index (χ3v) is 3.76. The van der Waals surface area contributed by atoms with Crippen molar-refractivity contribution in [3.05, 3.63) is 28.0 Å². The highest BCUT2D eigenvalue weighted by Gasteiger charge is 2.26. The summed E-state index contributed by atoms with van der Waals surface area (Å²) in [6, 6.07) is 2.73. The first kappa shape index (κ1) is 13.9. The molecule has 0 radical (unpaired) electrons. The monoisotopic (exact) mass is 291 g/mol. The van der Waals surface area contributed by atoms with Crippen molar-refractivity contribution >= 4 is 23.2 Å². The van der Waals surface area contributed by atoms with Crippen LogP contribution in [0.5, 0.6) is 5.75 Å². The molecule has 1 aromatic rings. The van der Waals surface area contributed by atoms with Crippen LogP contribution in [0.3, 0.4) is 0 Å². The first-order chi connectivity index (χ1) is 8.61. The summed E-state index contributed by atoms with van der Waals surface area (Å²) in [5, 5.41) is 3.79. The summed E-state index contributed by atoms with van der Waals surface area (Å²) in [5.74, 6) is 0.0119. The van der Waals surface area contributed by atoms with E-state index in [1.54, 1.807) is 0 Å². The van der Waals surface area contributed by atoms with Gasteiger partial charge in [0.1, 0.15) is 6.10 Å². The second kappa shape index (κ2) is 6.09. The molecule has 0 aliphatic carbocycles. The normalized spacial score (nSPS) is 21.0. The molecule has 1 aromatic carbocycles. The minimum absolute atomic E-state index is 0.0202. The first-order valence-electron chi connectivity index (χ1n) is 6.13. The standard InChI is InChI=1S/C13H16Cl2FNO/c1-2-12(8-3-4-17-7-8)18-13-10(15)5-9(14)6-11(13)16/h5-6,8,12,17H,2-4,7H2,1H3/t8?,12-/m0/s1. The van der Waals surface area contributed by atoms with Crippen molar-refractivity contribution in [2.45, 2.75) is 25.9 Å². The fourth-order valence-electron chi connectivity index (χ4n) is 2.30. The smallest absolute Gasteiger partial charge is 0.174 e. The average Bonchev–Trinajstić information content (AvgIpc) is 2.81. The molecule has 100 valence electrons. The SMILES string of the molecule is CC[C@H](Oc1c(F)cc(Cl)cc1Cl)C1CCNC1. The Morgan fingerprint density at radius 3 is 2.83 bits per heavy atom. The highest BCUT2D eigenvalue weighted by atomic mass is 35.5. The van der Waals surface area contributed by atoms with Gasteiger partial charge in [0.2, 0.25) is 0 Å². The topological polar surface area (TPSA) is 21.3 Å². The summed E-state index contributed by atoms with van der Waals surface area (Å²) in [4.78, 5) is 0. The predicted octanol–water partition coefficient (Wildman–Crippen LogP) is 3.90. The number of hydrogen-bond donors (Lipinski definition) is 1. The molecule has 2 nitrogen and oxygen atoms in total. The van der Waals surface area contributed by atoms with Crippen molar-refractivity contribution in [3.8, 4) is 5.75 Å². The maximum Gasteiger partial charge on any atom is 0.174 e. The van der Waals surface area contributed by atoms with Gasteiger partial charge in [0.15, 0.2) is 11.6 Å². The van der Waals surface area contributed by atoms with Crippen LogP contribution >= 0.6 is 23.2 Å². The van der Waals surface area contributed by atoms with E-state index >= 15 is 0 Å². The lowest BCUT2D eigenvalue weighted by Gasteiger charge is -2.24. The molecule has 18 heavy (non-hydrogen) atoms. The molecule has 5 heteroatoms. The van der Waals surface area contributed by atoms with Crippen molar-refractivity contribution in [3.63, 3.8) is 0 Å². The van der Waals surface area contributed by atoms with Gasteiger partial charge in [0, 0.05) is 17.5 Å². The number of nitrogens with one attached hydrogen (secondary N) is 1. The lowest BCUT2D eigenvalue weighted by molar-refractivity contribution is 0.133. The molecule has 1 saturated heterocycles. The molecular weight excluding hydrogens is 276 g/mol. The van der Waals surface area contributed by atoms with Crippen molar-refractivity contribution in [1.29, 1.82) is 0 Å². The third-order valence-electron chi connectivity index (χ3n) is 3.26. The Labute approximate surface area is 116 Å². The molecule has 1 N–H and O–H groups in total. The molecule has 1 heterocycles. The molecule has 1 unspecified atom stereocenters. The molecule has 0 saturated carbocycles. The zero-order chi connectivity index (χ0) is 13.1. The molecule has 0 bridgehead atoms. The lowest BCUT2D eigenvalue weighted by Crippen LogP contribution is -2.28. The van der Waals surface area contributed by atoms with Crippen LogP contribution in [0.25, 0.3) is 0 Å². The zero-order valence-corrected chi connectivity index (χ0v) is 11.7. The van der Waals surface area contributed by atoms with Gasteiger partial charge in [-0.25, -0.2) is 4.39 Å². The highest BCUT2D eigenvalue weighted by molar-refractivity contribution is 6.35. The molecule has 2 rings (SSSR count). The molecule has 0 spiro atoms. The fourth-order valence-corrected chi connectivity index (χ4v) is 2.81. The van der Waals surface area contributed by atoms with Crippen LogP contribution in [0.2, 0.25) is 10.0 Å². The number of rotatable bonds is 4. The van der Waals surface area contributed by atoms with Crippen LogP contribution < -0.4 is 10.1 Å². The van der Waals surface area contributed by atoms with E-state index in [1.165, 1.54) is 12.1 Å². The Morgan fingerprint density at radius 2 is 2.28 bits per heavy atom. The van der Waals surface area contributed by atoms with Crippen molar-refractivity contribution < 1.29 is 9.13 Å². The van der Waals surface area contributed by atoms with Crippen LogP contribution in [-0.4, -0.2) is 19.2 Å². The second-order valence-corrected chi connectivity index (χ2v) is 5.36. The van der Waals surface area contributed by atoms with Gasteiger partial charge in [-0.2, -0.15) is 0 Å². The summed E-state index contributed by atoms with van der Waals surface area (Å²) in [6.45, 7) is 3.93. The quantitative estimate of drug-likeness (QED) is 0.908. The van der Waals surface area contributed by atoms with E-state index in [2.05, 4.69) is 5.32 Å². The van der Waals surface area contributed by atoms with Crippen molar-refractivity contribution in [1.82, 2.24) is 5.32 Å². The van der Waals surface area contributed by atoms with E-state index < -0.39 is 5.82 Å². The maximum atomic E-state index is 13.8. The lowest BCUT2D eigenvalue weighted by atomic mass is 9.99. The van der Waals surface area contributed by atoms with Gasteiger partial charge >= 0.3 is 0 Å². The van der Waals surface area contributed by atoms with Gasteiger partial charge in [-0.3, -0.25) is 0 Å². The molecule has 1 fully saturated rings. The third kappa shape index (κ3) is 3.08. The first-order valence-corrected chi connectivity index (χ1v) is 6.89. The Hall–Kier alpha value is -0.510. The van der Waals surface area contributed by atoms with Crippen molar-refractivity contribution in [2.75, 3.05) is 13.1 Å². The van der Waals surface area contributed by atoms with Crippen LogP contribution in [0.4, 0.5) is 4.39 Å². The summed E-state index contributed by atoms with van der Waals surface area (Å²) < 4.78 is 19.5. The van der Waals surface area contributed by atoms with Crippen LogP contribution in [0.1, 0.15) is 19.8 Å². The summed E-state index contributed by atoms with van der Waals surface area (Å²) in [6.07, 6.45) is 1.85. The van der Waals surface area contributed by atoms with E-state index in [0.29, 0.717) is 5.92 Å². The Bertz CT molecular complexity index is 398. The zero-order valence-electron chi connectivity index (χ0n) is 10.2. The minimum atomic E-state index is -0.503. The van der Waals surface area contributed by atoms with Crippen LogP contribution in [0.15, 0.2) is 12.1 Å². The molecule has 2 atom stereocenters. The predicted molar refractivity (Wildman–Crippen MR) is 72.1 cm³/mol. The van der Waals surface area contributed by atoms with Gasteiger partial charge in [0.25, 0.3) is 0 Å². The van der Waals surface area contributed by atoms with E-state index in [4.69, 9.17) is 27.9 Å². The van der Waals surface area contributed by atoms with E-state index in [0.717, 1.165) is 25.9 Å². The second-order valence-electron chi connectivity index (χ2n) is 4.52. The number of hydrogen-bond acceptors (Lipinski definition) is 2. The van der Waals surface area contributed by atoms with Crippen LogP contribution in [-0.2, 0) is 0 Å². The Kier molecular flexibility index (Phi) is 4.71. The minimum Gasteiger partial charge on any atom is -0.485 e. The highest BCUT2D eigenvalue weighted by Crippen LogP contribution is 2.33. The molecule has 1 aliphatic rings. The van der Waals surface area contributed by atoms with E-state index in [-0.39, 0.29) is 21.9 Å². The van der Waals surface area contributed by atoms with Gasteiger partial charge in [0.05, 0.1) is 5.02 Å². The largest absolute Gasteiger partial charge is 0.485 e. The number of halogens is 3. The molecule has 0 amide bonds. The van der Waals surface area contributed by atoms with Crippen LogP contribution in [0, 0.1) is 11.7 Å². The molecular formula is C13H16Cl2FNO. The number of benzene rings is 1. The molecule has 1 aliphatic heterocycles. The summed E-state index contributed by atoms with van der Waals surface area (Å²) in [5.41, 5.74) is 0. The van der Waals surface area contributed by atoms with Gasteiger partial charge in [-0.1, -0.05) is 30.1 Å². The van der Waals surface area contributed by atoms with Gasteiger partial charge < -0.3 is 10.1 Å². The Balaban J connectivity index is 2.16. The van der Waals surface area contributed by atoms with Gasteiger partial charge in [-0.15, -0.1) is 0 Å². The fraction of sp³-hybridized carbons (Fsp3) is 0.538. The average molecular weight is 292 g/mol. The summed E-state index contributed by atoms with van der Waals surface area (Å²) >= 11 is 11.7. The molecule has 0 aromatic heterocycles. The maximum absolute atomic E-state index is 13.8. The Morgan fingerprint density at radius 1 is 1.50 bits per heavy atom. The number of ether oxygens (including phenoxy) is 1. The van der Waals surface area contributed by atoms with E-state index in [9.17, 15) is 4.39 Å². The summed E-state index contributed by atoms with van der Waals surface area (Å²) in [7, 11) is 0. The van der Waals surface area contributed by atoms with Crippen molar-refractivity contribution in [2.24, 2.45) is 5.92 Å². The van der Waals surface area contributed by atoms with Gasteiger partial charge in [-0.05, 0) is 31.5 Å². The van der Waals surface area contributed by atoms with E-state index in [1.807, 2.05) is 6.92 Å².